The van der Waals surface area contributed by atoms with Crippen molar-refractivity contribution in [3.05, 3.63) is 64.9 Å². The van der Waals surface area contributed by atoms with Gasteiger partial charge in [0, 0.05) is 10.7 Å². The lowest BCUT2D eigenvalue weighted by molar-refractivity contribution is 0.167. The van der Waals surface area contributed by atoms with Gasteiger partial charge in [-0.25, -0.2) is 9.18 Å². The summed E-state index contributed by atoms with van der Waals surface area (Å²) < 4.78 is 12.7. The second kappa shape index (κ2) is 6.68. The molecule has 20 heavy (non-hydrogen) atoms. The van der Waals surface area contributed by atoms with Crippen LogP contribution >= 0.6 is 11.6 Å². The van der Waals surface area contributed by atoms with Crippen LogP contribution in [0.4, 0.5) is 14.9 Å². The number of halogens is 2. The smallest absolute Gasteiger partial charge is 0.298 e. The van der Waals surface area contributed by atoms with Crippen LogP contribution in [0.1, 0.15) is 5.56 Å². The van der Waals surface area contributed by atoms with Crippen LogP contribution < -0.4 is 5.32 Å². The minimum Gasteiger partial charge on any atom is -0.298 e. The first-order valence-electron chi connectivity index (χ1n) is 5.66. The van der Waals surface area contributed by atoms with E-state index in [1.165, 1.54) is 30.5 Å². The Labute approximate surface area is 119 Å². The van der Waals surface area contributed by atoms with Crippen molar-refractivity contribution < 1.29 is 14.0 Å². The van der Waals surface area contributed by atoms with E-state index in [1.54, 1.807) is 24.3 Å². The Hall–Kier alpha value is -2.40. The molecule has 0 aliphatic carbocycles. The molecular formula is C14H10ClFN2O2. The fourth-order valence-electron chi connectivity index (χ4n) is 1.39. The number of carbonyl (C=O) groups excluding carboxylic acids is 1. The molecule has 2 aromatic rings. The highest BCUT2D eigenvalue weighted by Gasteiger charge is 2.02. The molecule has 1 N–H and O–H groups in total. The standard InChI is InChI=1S/C14H10ClFN2O2/c15-11-2-1-3-13(8-11)18-14(19)20-17-9-10-4-6-12(16)7-5-10/h1-9H,(H,18,19). The van der Waals surface area contributed by atoms with Gasteiger partial charge in [-0.1, -0.05) is 35.0 Å². The summed E-state index contributed by atoms with van der Waals surface area (Å²) in [5.41, 5.74) is 1.11. The van der Waals surface area contributed by atoms with Crippen molar-refractivity contribution in [3.63, 3.8) is 0 Å². The lowest BCUT2D eigenvalue weighted by Gasteiger charge is -2.02. The van der Waals surface area contributed by atoms with Gasteiger partial charge < -0.3 is 0 Å². The maximum absolute atomic E-state index is 12.7. The summed E-state index contributed by atoms with van der Waals surface area (Å²) in [4.78, 5) is 16.0. The Morgan fingerprint density at radius 3 is 2.70 bits per heavy atom. The molecule has 0 spiro atoms. The van der Waals surface area contributed by atoms with E-state index in [-0.39, 0.29) is 5.82 Å². The van der Waals surface area contributed by atoms with E-state index < -0.39 is 6.09 Å². The van der Waals surface area contributed by atoms with Gasteiger partial charge in [0.2, 0.25) is 0 Å². The van der Waals surface area contributed by atoms with Gasteiger partial charge in [0.15, 0.2) is 0 Å². The van der Waals surface area contributed by atoms with Gasteiger partial charge in [-0.2, -0.15) is 0 Å². The Morgan fingerprint density at radius 1 is 1.25 bits per heavy atom. The first kappa shape index (κ1) is 14.0. The van der Waals surface area contributed by atoms with E-state index in [0.29, 0.717) is 16.3 Å². The first-order valence-corrected chi connectivity index (χ1v) is 6.04. The van der Waals surface area contributed by atoms with Crippen molar-refractivity contribution >= 4 is 29.6 Å². The van der Waals surface area contributed by atoms with Gasteiger partial charge in [0.05, 0.1) is 6.21 Å². The molecular weight excluding hydrogens is 283 g/mol. The molecule has 0 heterocycles. The Kier molecular flexibility index (Phi) is 4.68. The predicted octanol–water partition coefficient (Wildman–Crippen LogP) is 4.06. The highest BCUT2D eigenvalue weighted by atomic mass is 35.5. The normalized spacial score (nSPS) is 10.5. The summed E-state index contributed by atoms with van der Waals surface area (Å²) in [6, 6.07) is 12.2. The zero-order valence-corrected chi connectivity index (χ0v) is 11.0. The molecule has 0 unspecified atom stereocenters. The lowest BCUT2D eigenvalue weighted by Crippen LogP contribution is -2.10. The largest absolute Gasteiger partial charge is 0.437 e. The molecule has 0 aromatic heterocycles. The topological polar surface area (TPSA) is 50.7 Å². The number of carbonyl (C=O) groups is 1. The summed E-state index contributed by atoms with van der Waals surface area (Å²) in [6.07, 6.45) is 0.558. The maximum Gasteiger partial charge on any atom is 0.437 e. The number of rotatable bonds is 3. The zero-order valence-electron chi connectivity index (χ0n) is 10.2. The third-order valence-electron chi connectivity index (χ3n) is 2.28. The quantitative estimate of drug-likeness (QED) is 0.527. The van der Waals surface area contributed by atoms with Crippen molar-refractivity contribution in [2.24, 2.45) is 5.16 Å². The van der Waals surface area contributed by atoms with E-state index in [9.17, 15) is 9.18 Å². The molecule has 0 saturated heterocycles. The van der Waals surface area contributed by atoms with E-state index in [0.717, 1.165) is 0 Å². The molecule has 0 atom stereocenters. The molecule has 6 heteroatoms. The average Bonchev–Trinajstić information content (AvgIpc) is 2.41. The Bertz CT molecular complexity index is 629. The Balaban J connectivity index is 1.87. The molecule has 0 aliphatic rings. The number of hydrogen-bond acceptors (Lipinski definition) is 3. The van der Waals surface area contributed by atoms with Gasteiger partial charge in [0.25, 0.3) is 0 Å². The number of oxime groups is 1. The minimum atomic E-state index is -0.745. The van der Waals surface area contributed by atoms with Crippen LogP contribution in [-0.4, -0.2) is 12.3 Å². The van der Waals surface area contributed by atoms with Crippen LogP contribution in [0.15, 0.2) is 53.7 Å². The van der Waals surface area contributed by atoms with Crippen LogP contribution in [0.2, 0.25) is 5.02 Å². The van der Waals surface area contributed by atoms with Crippen LogP contribution in [0, 0.1) is 5.82 Å². The molecule has 0 aliphatic heterocycles. The average molecular weight is 293 g/mol. The zero-order chi connectivity index (χ0) is 14.4. The molecule has 4 nitrogen and oxygen atoms in total. The predicted molar refractivity (Wildman–Crippen MR) is 75.5 cm³/mol. The summed E-state index contributed by atoms with van der Waals surface area (Å²) in [5, 5.41) is 6.45. The van der Waals surface area contributed by atoms with Crippen molar-refractivity contribution in [1.29, 1.82) is 0 Å². The highest BCUT2D eigenvalue weighted by Crippen LogP contribution is 2.14. The van der Waals surface area contributed by atoms with Crippen molar-refractivity contribution in [2.75, 3.05) is 5.32 Å². The van der Waals surface area contributed by atoms with E-state index in [2.05, 4.69) is 15.3 Å². The number of nitrogens with zero attached hydrogens (tertiary/aromatic N) is 1. The van der Waals surface area contributed by atoms with Gasteiger partial charge in [-0.3, -0.25) is 10.2 Å². The summed E-state index contributed by atoms with van der Waals surface area (Å²) >= 11 is 5.77. The van der Waals surface area contributed by atoms with Crippen molar-refractivity contribution in [3.8, 4) is 0 Å². The van der Waals surface area contributed by atoms with Crippen LogP contribution in [0.3, 0.4) is 0 Å². The third kappa shape index (κ3) is 4.37. The third-order valence-corrected chi connectivity index (χ3v) is 2.51. The number of benzene rings is 2. The minimum absolute atomic E-state index is 0.346. The number of amides is 1. The molecule has 2 rings (SSSR count). The first-order chi connectivity index (χ1) is 9.63. The van der Waals surface area contributed by atoms with Crippen LogP contribution in [0.5, 0.6) is 0 Å². The molecule has 0 fully saturated rings. The summed E-state index contributed by atoms with van der Waals surface area (Å²) in [7, 11) is 0. The fourth-order valence-corrected chi connectivity index (χ4v) is 1.58. The molecule has 0 bridgehead atoms. The molecule has 1 amide bonds. The summed E-state index contributed by atoms with van der Waals surface area (Å²) in [5.74, 6) is -0.346. The Morgan fingerprint density at radius 2 is 2.00 bits per heavy atom. The van der Waals surface area contributed by atoms with Gasteiger partial charge >= 0.3 is 6.09 Å². The van der Waals surface area contributed by atoms with E-state index in [1.807, 2.05) is 0 Å². The molecule has 0 radical (unpaired) electrons. The second-order valence-corrected chi connectivity index (χ2v) is 4.24. The highest BCUT2D eigenvalue weighted by molar-refractivity contribution is 6.30. The van der Waals surface area contributed by atoms with Crippen molar-refractivity contribution in [1.82, 2.24) is 0 Å². The number of anilines is 1. The van der Waals surface area contributed by atoms with Crippen LogP contribution in [0.25, 0.3) is 0 Å². The maximum atomic E-state index is 12.7. The van der Waals surface area contributed by atoms with Gasteiger partial charge in [0.1, 0.15) is 5.82 Å². The van der Waals surface area contributed by atoms with Crippen molar-refractivity contribution in [2.45, 2.75) is 0 Å². The lowest BCUT2D eigenvalue weighted by atomic mass is 10.2. The monoisotopic (exact) mass is 292 g/mol. The molecule has 2 aromatic carbocycles. The van der Waals surface area contributed by atoms with Gasteiger partial charge in [-0.05, 0) is 35.9 Å². The van der Waals surface area contributed by atoms with E-state index >= 15 is 0 Å². The van der Waals surface area contributed by atoms with Gasteiger partial charge in [-0.15, -0.1) is 0 Å². The summed E-state index contributed by atoms with van der Waals surface area (Å²) in [6.45, 7) is 0. The second-order valence-electron chi connectivity index (χ2n) is 3.80. The number of hydrogen-bond donors (Lipinski definition) is 1. The molecule has 102 valence electrons. The van der Waals surface area contributed by atoms with E-state index in [4.69, 9.17) is 11.6 Å². The SMILES string of the molecule is O=C(Nc1cccc(Cl)c1)ON=Cc1ccc(F)cc1. The fraction of sp³-hybridized carbons (Fsp3) is 0. The number of nitrogens with one attached hydrogen (secondary N) is 1. The molecule has 0 saturated carbocycles. The van der Waals surface area contributed by atoms with Crippen LogP contribution in [-0.2, 0) is 4.84 Å².